The number of nitrogens with two attached hydrogens (primary N) is 1. The third kappa shape index (κ3) is 5.96. The van der Waals surface area contributed by atoms with Crippen molar-refractivity contribution in [1.82, 2.24) is 10.2 Å². The largest absolute Gasteiger partial charge is 0.516 e. The van der Waals surface area contributed by atoms with Crippen LogP contribution in [0.4, 0.5) is 18.9 Å². The number of anilines is 1. The molecule has 9 nitrogen and oxygen atoms in total. The van der Waals surface area contributed by atoms with Crippen molar-refractivity contribution >= 4 is 27.5 Å². The second kappa shape index (κ2) is 11.0. The highest BCUT2D eigenvalue weighted by molar-refractivity contribution is 7.93. The average molecular weight is 583 g/mol. The number of nitrogens with one attached hydrogen (secondary N) is 1. The van der Waals surface area contributed by atoms with E-state index >= 15 is 0 Å². The van der Waals surface area contributed by atoms with Crippen molar-refractivity contribution in [2.75, 3.05) is 30.5 Å². The summed E-state index contributed by atoms with van der Waals surface area (Å²) >= 11 is 0. The molecule has 2 heterocycles. The second-order valence-corrected chi connectivity index (χ2v) is 12.7. The molecule has 3 N–H and O–H groups in total. The predicted molar refractivity (Wildman–Crippen MR) is 143 cm³/mol. The molecule has 0 aliphatic carbocycles. The Balaban J connectivity index is 1.49. The normalized spacial score (nSPS) is 17.9. The molecule has 2 aliphatic heterocycles. The Morgan fingerprint density at radius 3 is 2.25 bits per heavy atom. The minimum Gasteiger partial charge on any atom is -0.374 e. The molecule has 4 rings (SSSR count). The number of hydrogen-bond donors (Lipinski definition) is 2. The number of carbonyl (C=O) groups excluding carboxylic acids is 2. The third-order valence-electron chi connectivity index (χ3n) is 7.39. The van der Waals surface area contributed by atoms with Gasteiger partial charge in [-0.3, -0.25) is 13.9 Å². The van der Waals surface area contributed by atoms with Crippen molar-refractivity contribution in [2.45, 2.75) is 55.8 Å². The number of rotatable bonds is 8. The van der Waals surface area contributed by atoms with Gasteiger partial charge in [-0.2, -0.15) is 21.6 Å². The summed E-state index contributed by atoms with van der Waals surface area (Å²) in [5, 5.41) is 2.67. The van der Waals surface area contributed by atoms with Gasteiger partial charge in [-0.05, 0) is 43.9 Å². The zero-order valence-corrected chi connectivity index (χ0v) is 23.1. The first-order chi connectivity index (χ1) is 18.7. The summed E-state index contributed by atoms with van der Waals surface area (Å²) in [6.45, 7) is 3.08. The Bertz CT molecular complexity index is 1340. The molecule has 2 aliphatic rings. The number of piperidine rings is 1. The van der Waals surface area contributed by atoms with Crippen LogP contribution in [0, 0.1) is 0 Å². The van der Waals surface area contributed by atoms with Crippen LogP contribution >= 0.6 is 0 Å². The van der Waals surface area contributed by atoms with Gasteiger partial charge in [0.1, 0.15) is 6.04 Å². The number of amides is 2. The quantitative estimate of drug-likeness (QED) is 0.494. The third-order valence-corrected chi connectivity index (χ3v) is 8.88. The monoisotopic (exact) mass is 582 g/mol. The fourth-order valence-electron chi connectivity index (χ4n) is 5.11. The maximum atomic E-state index is 13.5. The molecule has 0 saturated carbocycles. The lowest BCUT2D eigenvalue weighted by atomic mass is 9.74. The molecule has 1 spiro atoms. The highest BCUT2D eigenvalue weighted by Gasteiger charge is 2.56. The number of hydrogen-bond acceptors (Lipinski definition) is 6. The fraction of sp³-hybridized carbons (Fsp3) is 0.481. The van der Waals surface area contributed by atoms with Gasteiger partial charge in [0.2, 0.25) is 11.8 Å². The van der Waals surface area contributed by atoms with Crippen molar-refractivity contribution in [3.8, 4) is 0 Å². The molecule has 1 atom stereocenters. The summed E-state index contributed by atoms with van der Waals surface area (Å²) in [4.78, 5) is 27.7. The van der Waals surface area contributed by atoms with E-state index in [0.29, 0.717) is 9.87 Å². The highest BCUT2D eigenvalue weighted by atomic mass is 32.2. The van der Waals surface area contributed by atoms with Crippen molar-refractivity contribution in [1.29, 1.82) is 0 Å². The summed E-state index contributed by atoms with van der Waals surface area (Å²) in [6, 6.07) is 14.4. The van der Waals surface area contributed by atoms with Crippen molar-refractivity contribution in [3.05, 3.63) is 65.7 Å². The van der Waals surface area contributed by atoms with Gasteiger partial charge in [-0.15, -0.1) is 0 Å². The van der Waals surface area contributed by atoms with Gasteiger partial charge in [-0.1, -0.05) is 48.5 Å². The number of ether oxygens (including phenoxy) is 1. The lowest BCUT2D eigenvalue weighted by Crippen LogP contribution is -2.59. The van der Waals surface area contributed by atoms with E-state index in [4.69, 9.17) is 10.5 Å². The molecule has 1 fully saturated rings. The number of benzene rings is 2. The van der Waals surface area contributed by atoms with Crippen LogP contribution in [0.1, 0.15) is 37.8 Å². The summed E-state index contributed by atoms with van der Waals surface area (Å²) in [6.07, 6.45) is 0.487. The Kier molecular flexibility index (Phi) is 8.21. The molecule has 13 heteroatoms. The first kappa shape index (κ1) is 29.8. The van der Waals surface area contributed by atoms with E-state index in [1.165, 1.54) is 30.9 Å². The van der Waals surface area contributed by atoms with Gasteiger partial charge in [0.25, 0.3) is 0 Å². The Morgan fingerprint density at radius 1 is 1.05 bits per heavy atom. The van der Waals surface area contributed by atoms with E-state index in [2.05, 4.69) is 5.32 Å². The van der Waals surface area contributed by atoms with Crippen LogP contribution in [0.5, 0.6) is 0 Å². The number of fused-ring (bicyclic) bond motifs is 2. The van der Waals surface area contributed by atoms with E-state index in [1.807, 2.05) is 30.3 Å². The van der Waals surface area contributed by atoms with Gasteiger partial charge in [0.15, 0.2) is 0 Å². The summed E-state index contributed by atoms with van der Waals surface area (Å²) in [7, 11) is -5.59. The van der Waals surface area contributed by atoms with E-state index in [0.717, 1.165) is 5.56 Å². The Labute approximate surface area is 231 Å². The lowest BCUT2D eigenvalue weighted by Gasteiger charge is -2.41. The Morgan fingerprint density at radius 2 is 1.65 bits per heavy atom. The first-order valence-corrected chi connectivity index (χ1v) is 14.3. The number of carbonyl (C=O) groups is 2. The molecule has 0 aromatic heterocycles. The maximum absolute atomic E-state index is 13.5. The molecule has 0 bridgehead atoms. The van der Waals surface area contributed by atoms with Gasteiger partial charge >= 0.3 is 15.5 Å². The van der Waals surface area contributed by atoms with Crippen LogP contribution in [0.3, 0.4) is 0 Å². The SMILES string of the molecule is CC(C)(N)C(=O)N[C@H](COCc1ccccc1)C(=O)N1CCC2(CC1)CN(S(=O)(=O)C(F)(F)F)c1ccccc12. The lowest BCUT2D eigenvalue weighted by molar-refractivity contribution is -0.140. The highest BCUT2D eigenvalue weighted by Crippen LogP contribution is 2.49. The molecule has 2 aromatic carbocycles. The van der Waals surface area contributed by atoms with Crippen molar-refractivity contribution < 1.29 is 35.9 Å². The van der Waals surface area contributed by atoms with Crippen LogP contribution in [0.15, 0.2) is 54.6 Å². The summed E-state index contributed by atoms with van der Waals surface area (Å²) < 4.78 is 71.3. The predicted octanol–water partition coefficient (Wildman–Crippen LogP) is 2.66. The summed E-state index contributed by atoms with van der Waals surface area (Å²) in [5.74, 6) is -0.952. The molecule has 1 saturated heterocycles. The molecule has 40 heavy (non-hydrogen) atoms. The number of para-hydroxylation sites is 1. The number of sulfonamides is 1. The number of alkyl halides is 3. The fourth-order valence-corrected chi connectivity index (χ4v) is 6.20. The van der Waals surface area contributed by atoms with Gasteiger partial charge in [0, 0.05) is 25.0 Å². The zero-order valence-electron chi connectivity index (χ0n) is 22.3. The average Bonchev–Trinajstić information content (AvgIpc) is 3.22. The molecule has 2 aromatic rings. The van der Waals surface area contributed by atoms with Gasteiger partial charge in [0.05, 0.1) is 24.4 Å². The second-order valence-electron chi connectivity index (χ2n) is 10.8. The van der Waals surface area contributed by atoms with Crippen molar-refractivity contribution in [3.63, 3.8) is 0 Å². The zero-order chi connectivity index (χ0) is 29.3. The molecule has 218 valence electrons. The minimum absolute atomic E-state index is 0.00392. The van der Waals surface area contributed by atoms with Crippen LogP contribution < -0.4 is 15.4 Å². The summed E-state index contributed by atoms with van der Waals surface area (Å²) in [5.41, 5.74) is -0.250. The smallest absolute Gasteiger partial charge is 0.374 e. The van der Waals surface area contributed by atoms with Crippen LogP contribution in [-0.2, 0) is 36.4 Å². The number of likely N-dealkylation sites (tertiary alicyclic amines) is 1. The van der Waals surface area contributed by atoms with E-state index in [1.54, 1.807) is 12.1 Å². The Hall–Kier alpha value is -3.16. The van der Waals surface area contributed by atoms with Crippen LogP contribution in [0.2, 0.25) is 0 Å². The van der Waals surface area contributed by atoms with Crippen molar-refractivity contribution in [2.24, 2.45) is 5.73 Å². The topological polar surface area (TPSA) is 122 Å². The van der Waals surface area contributed by atoms with Crippen LogP contribution in [-0.4, -0.2) is 68.5 Å². The number of halogens is 3. The molecule has 2 amide bonds. The van der Waals surface area contributed by atoms with Gasteiger partial charge in [-0.25, -0.2) is 0 Å². The maximum Gasteiger partial charge on any atom is 0.516 e. The molecule has 0 unspecified atom stereocenters. The van der Waals surface area contributed by atoms with E-state index in [-0.39, 0.29) is 51.4 Å². The van der Waals surface area contributed by atoms with E-state index in [9.17, 15) is 31.2 Å². The number of nitrogens with zero attached hydrogens (tertiary/aromatic N) is 2. The molecular formula is C27H33F3N4O5S. The standard InChI is InChI=1S/C27H33F3N4O5S/c1-25(2,31)24(36)32-21(17-39-16-19-8-4-3-5-9-19)23(35)33-14-12-26(13-15-33)18-34(40(37,38)27(28,29)30)22-11-7-6-10-20(22)26/h3-11,21H,12-18,31H2,1-2H3,(H,32,36)/t21-/m1/s1. The van der Waals surface area contributed by atoms with Crippen LogP contribution in [0.25, 0.3) is 0 Å². The molecular weight excluding hydrogens is 549 g/mol. The minimum atomic E-state index is -5.59. The van der Waals surface area contributed by atoms with E-state index < -0.39 is 44.3 Å². The van der Waals surface area contributed by atoms with Gasteiger partial charge < -0.3 is 20.7 Å². The molecule has 0 radical (unpaired) electrons. The first-order valence-electron chi connectivity index (χ1n) is 12.8.